The van der Waals surface area contributed by atoms with Crippen LogP contribution in [0.1, 0.15) is 25.0 Å². The van der Waals surface area contributed by atoms with Gasteiger partial charge in [0.05, 0.1) is 0 Å². The van der Waals surface area contributed by atoms with Crippen LogP contribution in [0.5, 0.6) is 5.75 Å². The lowest BCUT2D eigenvalue weighted by Crippen LogP contribution is -2.37. The predicted molar refractivity (Wildman–Crippen MR) is 112 cm³/mol. The van der Waals surface area contributed by atoms with Gasteiger partial charge in [0.2, 0.25) is 0 Å². The van der Waals surface area contributed by atoms with Crippen molar-refractivity contribution in [1.29, 1.82) is 0 Å². The number of carbonyl (C=O) groups excluding carboxylic acids is 1. The number of ether oxygens (including phenoxy) is 1. The van der Waals surface area contributed by atoms with E-state index in [4.69, 9.17) is 27.9 Å². The fraction of sp³-hybridized carbons (Fsp3) is 0.350. The number of hydrogen-bond acceptors (Lipinski definition) is 3. The molecule has 6 heteroatoms. The zero-order valence-electron chi connectivity index (χ0n) is 14.9. The predicted octanol–water partition coefficient (Wildman–Crippen LogP) is 5.37. The molecule has 0 unspecified atom stereocenters. The van der Waals surface area contributed by atoms with Gasteiger partial charge in [-0.25, -0.2) is 0 Å². The van der Waals surface area contributed by atoms with Gasteiger partial charge in [-0.1, -0.05) is 54.4 Å². The van der Waals surface area contributed by atoms with Crippen LogP contribution in [0.3, 0.4) is 0 Å². The summed E-state index contributed by atoms with van der Waals surface area (Å²) in [6.45, 7) is 4.39. The molecule has 1 N–H and O–H groups in total. The van der Waals surface area contributed by atoms with Crippen molar-refractivity contribution in [1.82, 2.24) is 5.32 Å². The number of carbonyl (C=O) groups is 1. The maximum absolute atomic E-state index is 12.2. The molecule has 140 valence electrons. The summed E-state index contributed by atoms with van der Waals surface area (Å²) in [5, 5.41) is 4.25. The highest BCUT2D eigenvalue weighted by Gasteiger charge is 2.15. The molecule has 2 aromatic rings. The van der Waals surface area contributed by atoms with E-state index in [0.29, 0.717) is 22.3 Å². The number of halogens is 2. The summed E-state index contributed by atoms with van der Waals surface area (Å²) < 4.78 is 5.80. The lowest BCUT2D eigenvalue weighted by Gasteiger charge is -2.17. The van der Waals surface area contributed by atoms with Crippen molar-refractivity contribution in [2.24, 2.45) is 0 Å². The number of amides is 1. The van der Waals surface area contributed by atoms with Crippen LogP contribution in [-0.2, 0) is 17.0 Å². The number of hydrogen-bond donors (Lipinski definition) is 1. The lowest BCUT2D eigenvalue weighted by atomic mass is 10.1. The van der Waals surface area contributed by atoms with Crippen molar-refractivity contribution >= 4 is 40.9 Å². The molecular weight excluding hydrogens is 389 g/mol. The Hall–Kier alpha value is -1.36. The molecule has 0 aliphatic rings. The Morgan fingerprint density at radius 2 is 1.85 bits per heavy atom. The second kappa shape index (κ2) is 10.7. The molecule has 2 rings (SSSR count). The van der Waals surface area contributed by atoms with E-state index in [2.05, 4.69) is 12.2 Å². The smallest absolute Gasteiger partial charge is 0.260 e. The van der Waals surface area contributed by atoms with Gasteiger partial charge in [-0.3, -0.25) is 4.79 Å². The minimum atomic E-state index is -0.536. The molecule has 0 radical (unpaired) electrons. The molecular formula is C20H23Cl2NO2S. The number of rotatable bonds is 9. The van der Waals surface area contributed by atoms with Gasteiger partial charge < -0.3 is 10.1 Å². The summed E-state index contributed by atoms with van der Waals surface area (Å²) in [7, 11) is 0. The second-order valence-corrected chi connectivity index (χ2v) is 7.68. The standard InChI is InChI=1S/C20H23Cl2NO2S/c1-3-15-7-4-5-10-19(15)25-14(2)20(24)23-11-12-26-13-16-17(21)8-6-9-18(16)22/h4-10,14H,3,11-13H2,1-2H3,(H,23,24)/t14-/m0/s1. The minimum absolute atomic E-state index is 0.118. The molecule has 0 fully saturated rings. The van der Waals surface area contributed by atoms with Crippen molar-refractivity contribution in [3.63, 3.8) is 0 Å². The Kier molecular flexibility index (Phi) is 8.63. The Morgan fingerprint density at radius 3 is 2.54 bits per heavy atom. The van der Waals surface area contributed by atoms with Crippen LogP contribution in [0.25, 0.3) is 0 Å². The van der Waals surface area contributed by atoms with E-state index < -0.39 is 6.10 Å². The Labute approximate surface area is 169 Å². The molecule has 2 aromatic carbocycles. The maximum atomic E-state index is 12.2. The van der Waals surface area contributed by atoms with Crippen LogP contribution in [0.2, 0.25) is 10.0 Å². The summed E-state index contributed by atoms with van der Waals surface area (Å²) in [6, 6.07) is 13.3. The quantitative estimate of drug-likeness (QED) is 0.563. The SMILES string of the molecule is CCc1ccccc1O[C@@H](C)C(=O)NCCSCc1c(Cl)cccc1Cl. The molecule has 0 aliphatic carbocycles. The third-order valence-corrected chi connectivity index (χ3v) is 5.57. The van der Waals surface area contributed by atoms with Crippen LogP contribution in [0, 0.1) is 0 Å². The highest BCUT2D eigenvalue weighted by Crippen LogP contribution is 2.28. The van der Waals surface area contributed by atoms with Gasteiger partial charge >= 0.3 is 0 Å². The molecule has 0 saturated carbocycles. The third-order valence-electron chi connectivity index (χ3n) is 3.88. The molecule has 0 aliphatic heterocycles. The van der Waals surface area contributed by atoms with Crippen LogP contribution in [-0.4, -0.2) is 24.3 Å². The van der Waals surface area contributed by atoms with Crippen molar-refractivity contribution in [3.8, 4) is 5.75 Å². The highest BCUT2D eigenvalue weighted by atomic mass is 35.5. The summed E-state index contributed by atoms with van der Waals surface area (Å²) in [6.07, 6.45) is 0.330. The van der Waals surface area contributed by atoms with Crippen LogP contribution < -0.4 is 10.1 Å². The Balaban J connectivity index is 1.73. The molecule has 1 atom stereocenters. The van der Waals surface area contributed by atoms with Crippen LogP contribution >= 0.6 is 35.0 Å². The topological polar surface area (TPSA) is 38.3 Å². The molecule has 3 nitrogen and oxygen atoms in total. The Bertz CT molecular complexity index is 719. The maximum Gasteiger partial charge on any atom is 0.260 e. The molecule has 26 heavy (non-hydrogen) atoms. The van der Waals surface area contributed by atoms with Crippen molar-refractivity contribution < 1.29 is 9.53 Å². The number of para-hydroxylation sites is 1. The van der Waals surface area contributed by atoms with Gasteiger partial charge in [0.1, 0.15) is 5.75 Å². The first-order valence-electron chi connectivity index (χ1n) is 8.55. The fourth-order valence-corrected chi connectivity index (χ4v) is 3.98. The van der Waals surface area contributed by atoms with Gasteiger partial charge in [-0.15, -0.1) is 0 Å². The molecule has 0 saturated heterocycles. The third kappa shape index (κ3) is 6.11. The normalized spacial score (nSPS) is 11.8. The van der Waals surface area contributed by atoms with Crippen LogP contribution in [0.4, 0.5) is 0 Å². The van der Waals surface area contributed by atoms with E-state index in [-0.39, 0.29) is 5.91 Å². The Morgan fingerprint density at radius 1 is 1.15 bits per heavy atom. The molecule has 0 aromatic heterocycles. The van der Waals surface area contributed by atoms with E-state index in [1.54, 1.807) is 18.7 Å². The minimum Gasteiger partial charge on any atom is -0.481 e. The van der Waals surface area contributed by atoms with E-state index in [1.165, 1.54) is 0 Å². The van der Waals surface area contributed by atoms with E-state index >= 15 is 0 Å². The zero-order valence-corrected chi connectivity index (χ0v) is 17.3. The van der Waals surface area contributed by atoms with E-state index in [9.17, 15) is 4.79 Å². The number of aryl methyl sites for hydroxylation is 1. The van der Waals surface area contributed by atoms with Crippen molar-refractivity contribution in [3.05, 3.63) is 63.6 Å². The molecule has 0 bridgehead atoms. The van der Waals surface area contributed by atoms with Gasteiger partial charge in [-0.05, 0) is 42.7 Å². The van der Waals surface area contributed by atoms with Crippen LogP contribution in [0.15, 0.2) is 42.5 Å². The van der Waals surface area contributed by atoms with Gasteiger partial charge in [0.25, 0.3) is 5.91 Å². The first-order chi connectivity index (χ1) is 12.5. The van der Waals surface area contributed by atoms with Gasteiger partial charge in [0, 0.05) is 28.1 Å². The summed E-state index contributed by atoms with van der Waals surface area (Å²) in [4.78, 5) is 12.2. The van der Waals surface area contributed by atoms with Gasteiger partial charge in [-0.2, -0.15) is 11.8 Å². The molecule has 0 spiro atoms. The number of nitrogens with one attached hydrogen (secondary N) is 1. The first-order valence-corrected chi connectivity index (χ1v) is 10.5. The molecule has 1 amide bonds. The lowest BCUT2D eigenvalue weighted by molar-refractivity contribution is -0.127. The highest BCUT2D eigenvalue weighted by molar-refractivity contribution is 7.98. The summed E-state index contributed by atoms with van der Waals surface area (Å²) in [5.41, 5.74) is 2.03. The average Bonchev–Trinajstić information content (AvgIpc) is 2.63. The van der Waals surface area contributed by atoms with Gasteiger partial charge in [0.15, 0.2) is 6.10 Å². The second-order valence-electron chi connectivity index (χ2n) is 5.77. The number of thioether (sulfide) groups is 1. The zero-order chi connectivity index (χ0) is 18.9. The largest absolute Gasteiger partial charge is 0.481 e. The van der Waals surface area contributed by atoms with Crippen molar-refractivity contribution in [2.75, 3.05) is 12.3 Å². The monoisotopic (exact) mass is 411 g/mol. The first kappa shape index (κ1) is 20.9. The summed E-state index contributed by atoms with van der Waals surface area (Å²) >= 11 is 14.0. The van der Waals surface area contributed by atoms with E-state index in [1.807, 2.05) is 42.5 Å². The fourth-order valence-electron chi connectivity index (χ4n) is 2.39. The average molecular weight is 412 g/mol. The molecule has 0 heterocycles. The van der Waals surface area contributed by atoms with Crippen molar-refractivity contribution in [2.45, 2.75) is 32.1 Å². The summed E-state index contributed by atoms with van der Waals surface area (Å²) in [5.74, 6) is 2.13. The number of benzene rings is 2. The van der Waals surface area contributed by atoms with E-state index in [0.717, 1.165) is 29.1 Å².